The quantitative estimate of drug-likeness (QED) is 0.781. The molecule has 2 aromatic rings. The summed E-state index contributed by atoms with van der Waals surface area (Å²) in [7, 11) is 0. The van der Waals surface area contributed by atoms with Gasteiger partial charge in [0.1, 0.15) is 11.6 Å². The summed E-state index contributed by atoms with van der Waals surface area (Å²) in [6.45, 7) is 0.206. The summed E-state index contributed by atoms with van der Waals surface area (Å²) >= 11 is 3.19. The van der Waals surface area contributed by atoms with E-state index in [-0.39, 0.29) is 18.0 Å². The number of urea groups is 1. The van der Waals surface area contributed by atoms with Crippen LogP contribution >= 0.6 is 15.9 Å². The third kappa shape index (κ3) is 2.50. The summed E-state index contributed by atoms with van der Waals surface area (Å²) in [5, 5.41) is 2.80. The predicted octanol–water partition coefficient (Wildman–Crippen LogP) is 3.32. The number of benzene rings is 2. The van der Waals surface area contributed by atoms with Crippen LogP contribution in [0.25, 0.3) is 0 Å². The average Bonchev–Trinajstić information content (AvgIpc) is 2.82. The number of carbonyl (C=O) groups excluding carboxylic acids is 2. The van der Waals surface area contributed by atoms with E-state index in [0.29, 0.717) is 28.8 Å². The van der Waals surface area contributed by atoms with Crippen LogP contribution in [0.15, 0.2) is 46.9 Å². The highest BCUT2D eigenvalue weighted by Crippen LogP contribution is 2.41. The van der Waals surface area contributed by atoms with Crippen LogP contribution in [0.2, 0.25) is 0 Å². The van der Waals surface area contributed by atoms with Crippen molar-refractivity contribution in [3.05, 3.63) is 63.9 Å². The molecule has 25 heavy (non-hydrogen) atoms. The van der Waals surface area contributed by atoms with Crippen molar-refractivity contribution in [3.63, 3.8) is 0 Å². The van der Waals surface area contributed by atoms with Gasteiger partial charge in [-0.2, -0.15) is 0 Å². The van der Waals surface area contributed by atoms with Crippen molar-refractivity contribution >= 4 is 27.9 Å². The lowest BCUT2D eigenvalue weighted by Crippen LogP contribution is -2.47. The Labute approximate surface area is 151 Å². The topological polar surface area (TPSA) is 58.6 Å². The third-order valence-electron chi connectivity index (χ3n) is 4.60. The SMILES string of the molecule is O=C1NC2(CCOc3ccccc32)C(=O)N1Cc1ccc(Br)cc1F. The van der Waals surface area contributed by atoms with Gasteiger partial charge in [0.15, 0.2) is 5.54 Å². The first kappa shape index (κ1) is 16.1. The largest absolute Gasteiger partial charge is 0.493 e. The monoisotopic (exact) mass is 404 g/mol. The maximum absolute atomic E-state index is 14.1. The number of para-hydroxylation sites is 1. The Morgan fingerprint density at radius 3 is 2.84 bits per heavy atom. The summed E-state index contributed by atoms with van der Waals surface area (Å²) in [5.74, 6) is -0.266. The zero-order valence-electron chi connectivity index (χ0n) is 13.1. The van der Waals surface area contributed by atoms with Gasteiger partial charge in [-0.1, -0.05) is 40.2 Å². The van der Waals surface area contributed by atoms with E-state index in [4.69, 9.17) is 4.74 Å². The molecule has 2 aromatic carbocycles. The molecule has 1 spiro atoms. The molecule has 0 aromatic heterocycles. The number of nitrogens with one attached hydrogen (secondary N) is 1. The van der Waals surface area contributed by atoms with E-state index in [0.717, 1.165) is 4.90 Å². The summed E-state index contributed by atoms with van der Waals surface area (Å²) in [6.07, 6.45) is 0.341. The zero-order chi connectivity index (χ0) is 17.6. The molecule has 1 unspecified atom stereocenters. The number of hydrogen-bond acceptors (Lipinski definition) is 3. The van der Waals surface area contributed by atoms with Gasteiger partial charge in [-0.05, 0) is 18.2 Å². The van der Waals surface area contributed by atoms with Crippen molar-refractivity contribution < 1.29 is 18.7 Å². The molecular formula is C18H14BrFN2O3. The molecule has 1 N–H and O–H groups in total. The molecule has 128 valence electrons. The van der Waals surface area contributed by atoms with Crippen LogP contribution in [0.5, 0.6) is 5.75 Å². The van der Waals surface area contributed by atoms with Crippen LogP contribution in [-0.4, -0.2) is 23.4 Å². The normalized spacial score (nSPS) is 21.9. The van der Waals surface area contributed by atoms with Gasteiger partial charge in [-0.3, -0.25) is 9.69 Å². The number of halogens is 2. The Bertz CT molecular complexity index is 888. The highest BCUT2D eigenvalue weighted by Gasteiger charge is 2.54. The first-order valence-electron chi connectivity index (χ1n) is 7.81. The van der Waals surface area contributed by atoms with Gasteiger partial charge in [-0.25, -0.2) is 9.18 Å². The number of carbonyl (C=O) groups is 2. The number of nitrogens with zero attached hydrogens (tertiary/aromatic N) is 1. The van der Waals surface area contributed by atoms with Crippen molar-refractivity contribution in [1.29, 1.82) is 0 Å². The van der Waals surface area contributed by atoms with Crippen molar-refractivity contribution in [2.75, 3.05) is 6.61 Å². The second kappa shape index (κ2) is 5.84. The van der Waals surface area contributed by atoms with E-state index in [1.54, 1.807) is 30.3 Å². The lowest BCUT2D eigenvalue weighted by Gasteiger charge is -2.33. The molecule has 5 nitrogen and oxygen atoms in total. The van der Waals surface area contributed by atoms with E-state index < -0.39 is 17.4 Å². The highest BCUT2D eigenvalue weighted by atomic mass is 79.9. The molecule has 2 heterocycles. The second-order valence-electron chi connectivity index (χ2n) is 6.06. The first-order valence-corrected chi connectivity index (χ1v) is 8.61. The van der Waals surface area contributed by atoms with Crippen LogP contribution in [0.3, 0.4) is 0 Å². The van der Waals surface area contributed by atoms with Crippen LogP contribution < -0.4 is 10.1 Å². The smallest absolute Gasteiger partial charge is 0.325 e. The minimum atomic E-state index is -1.14. The highest BCUT2D eigenvalue weighted by molar-refractivity contribution is 9.10. The Morgan fingerprint density at radius 1 is 1.24 bits per heavy atom. The fourth-order valence-corrected chi connectivity index (χ4v) is 3.67. The molecule has 3 amide bonds. The van der Waals surface area contributed by atoms with Crippen LogP contribution in [0.1, 0.15) is 17.5 Å². The molecule has 1 saturated heterocycles. The molecule has 0 radical (unpaired) electrons. The fraction of sp³-hybridized carbons (Fsp3) is 0.222. The Hall–Kier alpha value is -2.41. The number of imide groups is 1. The van der Waals surface area contributed by atoms with Gasteiger partial charge in [0, 0.05) is 22.0 Å². The predicted molar refractivity (Wildman–Crippen MR) is 91.4 cm³/mol. The number of hydrogen-bond donors (Lipinski definition) is 1. The maximum Gasteiger partial charge on any atom is 0.325 e. The average molecular weight is 405 g/mol. The van der Waals surface area contributed by atoms with Gasteiger partial charge < -0.3 is 10.1 Å². The second-order valence-corrected chi connectivity index (χ2v) is 6.97. The number of ether oxygens (including phenoxy) is 1. The third-order valence-corrected chi connectivity index (χ3v) is 5.09. The van der Waals surface area contributed by atoms with E-state index in [9.17, 15) is 14.0 Å². The number of fused-ring (bicyclic) bond motifs is 2. The fourth-order valence-electron chi connectivity index (χ4n) is 3.34. The maximum atomic E-state index is 14.1. The van der Waals surface area contributed by atoms with Crippen LogP contribution in [0, 0.1) is 5.82 Å². The minimum absolute atomic E-state index is 0.117. The van der Waals surface area contributed by atoms with Crippen molar-refractivity contribution in [2.24, 2.45) is 0 Å². The van der Waals surface area contributed by atoms with Gasteiger partial charge in [0.2, 0.25) is 0 Å². The molecule has 0 saturated carbocycles. The molecule has 1 atom stereocenters. The van der Waals surface area contributed by atoms with Crippen LogP contribution in [-0.2, 0) is 16.9 Å². The van der Waals surface area contributed by atoms with E-state index in [2.05, 4.69) is 21.2 Å². The number of amides is 3. The molecule has 1 fully saturated rings. The molecular weight excluding hydrogens is 391 g/mol. The Balaban J connectivity index is 1.70. The molecule has 2 aliphatic heterocycles. The van der Waals surface area contributed by atoms with E-state index >= 15 is 0 Å². The first-order chi connectivity index (χ1) is 12.0. The lowest BCUT2D eigenvalue weighted by atomic mass is 9.84. The summed E-state index contributed by atoms with van der Waals surface area (Å²) in [5.41, 5.74) is -0.222. The molecule has 7 heteroatoms. The van der Waals surface area contributed by atoms with Crippen molar-refractivity contribution in [2.45, 2.75) is 18.5 Å². The minimum Gasteiger partial charge on any atom is -0.493 e. The lowest BCUT2D eigenvalue weighted by molar-refractivity contribution is -0.133. The van der Waals surface area contributed by atoms with Crippen molar-refractivity contribution in [3.8, 4) is 5.75 Å². The van der Waals surface area contributed by atoms with Gasteiger partial charge in [0.05, 0.1) is 13.2 Å². The van der Waals surface area contributed by atoms with Gasteiger partial charge in [-0.15, -0.1) is 0 Å². The van der Waals surface area contributed by atoms with Crippen LogP contribution in [0.4, 0.5) is 9.18 Å². The standard InChI is InChI=1S/C18H14BrFN2O3/c19-12-6-5-11(14(20)9-12)10-22-16(23)18(21-17(22)24)7-8-25-15-4-2-1-3-13(15)18/h1-6,9H,7-8,10H2,(H,21,24). The van der Waals surface area contributed by atoms with Gasteiger partial charge in [0.25, 0.3) is 5.91 Å². The van der Waals surface area contributed by atoms with Gasteiger partial charge >= 0.3 is 6.03 Å². The van der Waals surface area contributed by atoms with E-state index in [1.165, 1.54) is 6.07 Å². The summed E-state index contributed by atoms with van der Waals surface area (Å²) in [6, 6.07) is 11.2. The summed E-state index contributed by atoms with van der Waals surface area (Å²) in [4.78, 5) is 26.6. The molecule has 0 aliphatic carbocycles. The Kier molecular flexibility index (Phi) is 3.76. The number of rotatable bonds is 2. The molecule has 0 bridgehead atoms. The zero-order valence-corrected chi connectivity index (χ0v) is 14.7. The molecule has 2 aliphatic rings. The van der Waals surface area contributed by atoms with E-state index in [1.807, 2.05) is 6.07 Å². The summed E-state index contributed by atoms with van der Waals surface area (Å²) < 4.78 is 20.3. The van der Waals surface area contributed by atoms with Crippen molar-refractivity contribution in [1.82, 2.24) is 10.2 Å². The Morgan fingerprint density at radius 2 is 2.04 bits per heavy atom. The molecule has 4 rings (SSSR count).